The van der Waals surface area contributed by atoms with E-state index in [1.54, 1.807) is 58.8 Å². The molecule has 0 unspecified atom stereocenters. The monoisotopic (exact) mass is 525 g/mol. The van der Waals surface area contributed by atoms with Crippen molar-refractivity contribution in [3.63, 3.8) is 0 Å². The number of carbonyl (C=O) groups is 1. The van der Waals surface area contributed by atoms with Crippen molar-refractivity contribution < 1.29 is 17.9 Å². The average Bonchev–Trinajstić information content (AvgIpc) is 2.92. The normalized spacial score (nSPS) is 16.5. The van der Waals surface area contributed by atoms with E-state index in [0.29, 0.717) is 43.3 Å². The Hall–Kier alpha value is -3.07. The first-order valence-electron chi connectivity index (χ1n) is 12.0. The number of benzene rings is 3. The lowest BCUT2D eigenvalue weighted by Gasteiger charge is -2.36. The summed E-state index contributed by atoms with van der Waals surface area (Å²) in [5, 5.41) is 0.573. The minimum Gasteiger partial charge on any atom is -0.495 e. The van der Waals surface area contributed by atoms with E-state index >= 15 is 0 Å². The number of halogens is 1. The van der Waals surface area contributed by atoms with E-state index < -0.39 is 10.0 Å². The molecule has 7 nitrogen and oxygen atoms in total. The molecule has 0 aromatic heterocycles. The number of hydrogen-bond acceptors (Lipinski definition) is 5. The molecule has 5 rings (SSSR count). The van der Waals surface area contributed by atoms with Gasteiger partial charge < -0.3 is 14.5 Å². The number of fused-ring (bicyclic) bond motifs is 1. The van der Waals surface area contributed by atoms with Gasteiger partial charge in [-0.05, 0) is 73.0 Å². The van der Waals surface area contributed by atoms with Crippen molar-refractivity contribution in [3.05, 3.63) is 82.9 Å². The molecule has 0 aliphatic carbocycles. The summed E-state index contributed by atoms with van der Waals surface area (Å²) in [7, 11) is -2.02. The molecule has 188 valence electrons. The number of methoxy groups -OCH3 is 1. The molecule has 2 aliphatic heterocycles. The first kappa shape index (κ1) is 24.6. The number of piperazine rings is 1. The van der Waals surface area contributed by atoms with Crippen LogP contribution in [0.4, 0.5) is 11.4 Å². The fourth-order valence-electron chi connectivity index (χ4n) is 4.90. The van der Waals surface area contributed by atoms with Gasteiger partial charge in [-0.25, -0.2) is 8.42 Å². The molecule has 3 aromatic rings. The Morgan fingerprint density at radius 2 is 1.61 bits per heavy atom. The number of nitrogens with zero attached hydrogens (tertiary/aromatic N) is 3. The third-order valence-corrected chi connectivity index (χ3v) is 8.95. The molecule has 0 N–H and O–H groups in total. The second-order valence-corrected chi connectivity index (χ2v) is 11.3. The molecule has 0 bridgehead atoms. The average molecular weight is 526 g/mol. The topological polar surface area (TPSA) is 70.2 Å². The fraction of sp³-hybridized carbons (Fsp3) is 0.296. The van der Waals surface area contributed by atoms with Crippen LogP contribution in [0.5, 0.6) is 5.75 Å². The molecule has 3 aromatic carbocycles. The molecule has 1 saturated heterocycles. The van der Waals surface area contributed by atoms with Gasteiger partial charge in [0.2, 0.25) is 10.0 Å². The first-order chi connectivity index (χ1) is 17.4. The zero-order valence-corrected chi connectivity index (χ0v) is 21.6. The van der Waals surface area contributed by atoms with Crippen LogP contribution >= 0.6 is 11.6 Å². The molecule has 1 fully saturated rings. The minimum atomic E-state index is -3.65. The summed E-state index contributed by atoms with van der Waals surface area (Å²) in [5.41, 5.74) is 3.16. The molecule has 1 amide bonds. The second-order valence-electron chi connectivity index (χ2n) is 8.92. The molecular formula is C27H28ClN3O4S. The van der Waals surface area contributed by atoms with Crippen molar-refractivity contribution in [3.8, 4) is 5.75 Å². The van der Waals surface area contributed by atoms with Gasteiger partial charge in [0, 0.05) is 49.0 Å². The van der Waals surface area contributed by atoms with Crippen molar-refractivity contribution in [1.82, 2.24) is 4.31 Å². The Balaban J connectivity index is 1.33. The van der Waals surface area contributed by atoms with E-state index in [1.165, 1.54) is 0 Å². The number of carbonyl (C=O) groups excluding carboxylic acids is 1. The van der Waals surface area contributed by atoms with E-state index in [2.05, 4.69) is 4.90 Å². The number of para-hydroxylation sites is 2. The van der Waals surface area contributed by atoms with E-state index in [9.17, 15) is 13.2 Å². The van der Waals surface area contributed by atoms with Gasteiger partial charge in [-0.1, -0.05) is 23.7 Å². The van der Waals surface area contributed by atoms with Crippen LogP contribution in [-0.2, 0) is 16.4 Å². The molecule has 2 heterocycles. The Kier molecular flexibility index (Phi) is 6.92. The highest BCUT2D eigenvalue weighted by Gasteiger charge is 2.31. The lowest BCUT2D eigenvalue weighted by atomic mass is 10.0. The van der Waals surface area contributed by atoms with Crippen molar-refractivity contribution in [2.24, 2.45) is 0 Å². The van der Waals surface area contributed by atoms with Crippen LogP contribution in [0.3, 0.4) is 0 Å². The van der Waals surface area contributed by atoms with Crippen LogP contribution in [-0.4, -0.2) is 58.5 Å². The van der Waals surface area contributed by atoms with E-state index in [1.807, 2.05) is 24.3 Å². The molecule has 0 spiro atoms. The SMILES string of the molecule is COc1ccccc1N1CCN(S(=O)(=O)c2ccc3c(c2)CCCN3C(=O)c2ccc(Cl)cc2)CC1. The summed E-state index contributed by atoms with van der Waals surface area (Å²) in [6, 6.07) is 19.7. The maximum absolute atomic E-state index is 13.5. The molecule has 0 radical (unpaired) electrons. The zero-order chi connectivity index (χ0) is 25.3. The Morgan fingerprint density at radius 3 is 2.33 bits per heavy atom. The van der Waals surface area contributed by atoms with Crippen molar-refractivity contribution in [2.45, 2.75) is 17.7 Å². The van der Waals surface area contributed by atoms with Gasteiger partial charge in [0.05, 0.1) is 17.7 Å². The minimum absolute atomic E-state index is 0.115. The summed E-state index contributed by atoms with van der Waals surface area (Å²) in [6.45, 7) is 2.52. The number of amides is 1. The Morgan fingerprint density at radius 1 is 0.889 bits per heavy atom. The molecule has 2 aliphatic rings. The molecule has 9 heteroatoms. The quantitative estimate of drug-likeness (QED) is 0.492. The zero-order valence-electron chi connectivity index (χ0n) is 20.1. The molecular weight excluding hydrogens is 498 g/mol. The van der Waals surface area contributed by atoms with Crippen LogP contribution in [0, 0.1) is 0 Å². The third-order valence-electron chi connectivity index (χ3n) is 6.81. The van der Waals surface area contributed by atoms with Gasteiger partial charge in [0.15, 0.2) is 0 Å². The summed E-state index contributed by atoms with van der Waals surface area (Å²) in [5.74, 6) is 0.664. The van der Waals surface area contributed by atoms with E-state index in [4.69, 9.17) is 16.3 Å². The van der Waals surface area contributed by atoms with Crippen LogP contribution in [0.15, 0.2) is 71.6 Å². The number of anilines is 2. The van der Waals surface area contributed by atoms with Gasteiger partial charge in [-0.3, -0.25) is 4.79 Å². The largest absolute Gasteiger partial charge is 0.495 e. The molecule has 0 atom stereocenters. The summed E-state index contributed by atoms with van der Waals surface area (Å²) in [6.07, 6.45) is 1.50. The number of hydrogen-bond donors (Lipinski definition) is 0. The number of ether oxygens (including phenoxy) is 1. The van der Waals surface area contributed by atoms with Gasteiger partial charge in [-0.2, -0.15) is 4.31 Å². The maximum Gasteiger partial charge on any atom is 0.258 e. The number of aryl methyl sites for hydroxylation is 1. The lowest BCUT2D eigenvalue weighted by molar-refractivity contribution is 0.0985. The highest BCUT2D eigenvalue weighted by atomic mass is 35.5. The Bertz CT molecular complexity index is 1370. The van der Waals surface area contributed by atoms with Crippen molar-refractivity contribution >= 4 is 38.9 Å². The lowest BCUT2D eigenvalue weighted by Crippen LogP contribution is -2.48. The van der Waals surface area contributed by atoms with E-state index in [-0.39, 0.29) is 10.8 Å². The fourth-order valence-corrected chi connectivity index (χ4v) is 6.50. The number of sulfonamides is 1. The Labute approximate surface area is 216 Å². The molecule has 0 saturated carbocycles. The highest BCUT2D eigenvalue weighted by molar-refractivity contribution is 7.89. The summed E-state index contributed by atoms with van der Waals surface area (Å²) < 4.78 is 34.0. The van der Waals surface area contributed by atoms with Gasteiger partial charge in [-0.15, -0.1) is 0 Å². The van der Waals surface area contributed by atoms with Crippen LogP contribution in [0.1, 0.15) is 22.3 Å². The van der Waals surface area contributed by atoms with Gasteiger partial charge in [0.25, 0.3) is 5.91 Å². The first-order valence-corrected chi connectivity index (χ1v) is 13.8. The predicted octanol–water partition coefficient (Wildman–Crippen LogP) is 4.45. The summed E-state index contributed by atoms with van der Waals surface area (Å²) >= 11 is 5.97. The highest BCUT2D eigenvalue weighted by Crippen LogP contribution is 2.33. The van der Waals surface area contributed by atoms with Crippen molar-refractivity contribution in [2.75, 3.05) is 49.6 Å². The summed E-state index contributed by atoms with van der Waals surface area (Å²) in [4.78, 5) is 17.3. The van der Waals surface area contributed by atoms with Gasteiger partial charge in [0.1, 0.15) is 5.75 Å². The standard InChI is InChI=1S/C27H28ClN3O4S/c1-35-26-7-3-2-6-25(26)29-15-17-30(18-16-29)36(33,34)23-12-13-24-21(19-23)5-4-14-31(24)27(32)20-8-10-22(28)11-9-20/h2-3,6-13,19H,4-5,14-18H2,1H3. The molecule has 36 heavy (non-hydrogen) atoms. The smallest absolute Gasteiger partial charge is 0.258 e. The number of rotatable bonds is 5. The van der Waals surface area contributed by atoms with Gasteiger partial charge >= 0.3 is 0 Å². The van der Waals surface area contributed by atoms with Crippen LogP contribution < -0.4 is 14.5 Å². The predicted molar refractivity (Wildman–Crippen MR) is 142 cm³/mol. The van der Waals surface area contributed by atoms with E-state index in [0.717, 1.165) is 35.5 Å². The van der Waals surface area contributed by atoms with Crippen molar-refractivity contribution in [1.29, 1.82) is 0 Å². The van der Waals surface area contributed by atoms with Crippen LogP contribution in [0.25, 0.3) is 0 Å². The third kappa shape index (κ3) is 4.68. The maximum atomic E-state index is 13.5. The second kappa shape index (κ2) is 10.1. The van der Waals surface area contributed by atoms with Crippen LogP contribution in [0.2, 0.25) is 5.02 Å².